The normalized spacial score (nSPS) is 16.2. The summed E-state index contributed by atoms with van der Waals surface area (Å²) >= 11 is 11.3. The van der Waals surface area contributed by atoms with Crippen LogP contribution in [0.15, 0.2) is 74.1 Å². The van der Waals surface area contributed by atoms with Crippen LogP contribution in [0.1, 0.15) is 37.9 Å². The molecule has 0 fully saturated rings. The highest BCUT2D eigenvalue weighted by atomic mass is 79.9. The summed E-state index contributed by atoms with van der Waals surface area (Å²) < 4.78 is 8.48. The first kappa shape index (κ1) is 22.7. The average Bonchev–Trinajstić information content (AvgIpc) is 3.01. The zero-order chi connectivity index (χ0) is 23.0. The molecule has 1 aliphatic heterocycles. The second kappa shape index (κ2) is 9.17. The Labute approximate surface area is 202 Å². The molecule has 0 bridgehead atoms. The Morgan fingerprint density at radius 1 is 1.25 bits per heavy atom. The van der Waals surface area contributed by atoms with Crippen LogP contribution in [0.25, 0.3) is 6.08 Å². The minimum absolute atomic E-state index is 0.235. The molecule has 1 unspecified atom stereocenters. The van der Waals surface area contributed by atoms with Crippen molar-refractivity contribution >= 4 is 50.9 Å². The number of aromatic nitrogens is 1. The average molecular weight is 532 g/mol. The first-order chi connectivity index (χ1) is 15.3. The van der Waals surface area contributed by atoms with Crippen LogP contribution < -0.4 is 14.9 Å². The van der Waals surface area contributed by atoms with Gasteiger partial charge in [0.25, 0.3) is 5.56 Å². The number of nitrogens with zero attached hydrogens (tertiary/aromatic N) is 2. The Hall–Kier alpha value is -2.48. The van der Waals surface area contributed by atoms with E-state index in [1.165, 1.54) is 11.3 Å². The van der Waals surface area contributed by atoms with Gasteiger partial charge in [-0.25, -0.2) is 9.79 Å². The summed E-state index contributed by atoms with van der Waals surface area (Å²) in [6.07, 6.45) is 1.51. The Morgan fingerprint density at radius 2 is 2.00 bits per heavy atom. The molecule has 0 N–H and O–H groups in total. The van der Waals surface area contributed by atoms with E-state index in [0.29, 0.717) is 31.2 Å². The summed E-state index contributed by atoms with van der Waals surface area (Å²) in [5, 5.41) is 0.462. The Balaban J connectivity index is 1.98. The number of benzene rings is 2. The van der Waals surface area contributed by atoms with E-state index in [2.05, 4.69) is 20.9 Å². The quantitative estimate of drug-likeness (QED) is 0.462. The van der Waals surface area contributed by atoms with Crippen LogP contribution in [-0.2, 0) is 9.53 Å². The van der Waals surface area contributed by atoms with Crippen molar-refractivity contribution in [2.24, 2.45) is 4.99 Å². The van der Waals surface area contributed by atoms with E-state index in [4.69, 9.17) is 16.3 Å². The van der Waals surface area contributed by atoms with Gasteiger partial charge in [0.1, 0.15) is 6.04 Å². The maximum atomic E-state index is 13.5. The van der Waals surface area contributed by atoms with Crippen molar-refractivity contribution in [3.8, 4) is 0 Å². The molecule has 164 valence electrons. The van der Waals surface area contributed by atoms with Crippen LogP contribution in [-0.4, -0.2) is 16.6 Å². The van der Waals surface area contributed by atoms with Crippen molar-refractivity contribution in [2.45, 2.75) is 32.9 Å². The van der Waals surface area contributed by atoms with Crippen LogP contribution in [0.2, 0.25) is 5.02 Å². The van der Waals surface area contributed by atoms with Crippen LogP contribution in [0.4, 0.5) is 0 Å². The molecule has 0 aliphatic carbocycles. The summed E-state index contributed by atoms with van der Waals surface area (Å²) in [5.41, 5.74) is 2.12. The number of halogens is 2. The maximum absolute atomic E-state index is 13.5. The van der Waals surface area contributed by atoms with E-state index in [1.807, 2.05) is 48.5 Å². The lowest BCUT2D eigenvalue weighted by Gasteiger charge is -2.26. The second-order valence-electron chi connectivity index (χ2n) is 7.61. The van der Waals surface area contributed by atoms with Crippen LogP contribution in [0, 0.1) is 0 Å². The van der Waals surface area contributed by atoms with Gasteiger partial charge in [0.2, 0.25) is 0 Å². The summed E-state index contributed by atoms with van der Waals surface area (Å²) in [6.45, 7) is 5.32. The van der Waals surface area contributed by atoms with Crippen molar-refractivity contribution < 1.29 is 9.53 Å². The van der Waals surface area contributed by atoms with Crippen LogP contribution in [0.3, 0.4) is 0 Å². The molecular weight excluding hydrogens is 512 g/mol. The van der Waals surface area contributed by atoms with Gasteiger partial charge in [-0.3, -0.25) is 9.36 Å². The van der Waals surface area contributed by atoms with Gasteiger partial charge in [0.15, 0.2) is 4.80 Å². The lowest BCUT2D eigenvalue weighted by Crippen LogP contribution is -2.40. The molecule has 0 saturated heterocycles. The molecule has 3 aromatic rings. The number of esters is 1. The fourth-order valence-electron chi connectivity index (χ4n) is 3.60. The molecule has 0 saturated carbocycles. The largest absolute Gasteiger partial charge is 0.459 e. The lowest BCUT2D eigenvalue weighted by atomic mass is 9.96. The lowest BCUT2D eigenvalue weighted by molar-refractivity contribution is -0.143. The molecule has 4 rings (SSSR count). The first-order valence-corrected chi connectivity index (χ1v) is 12.0. The fourth-order valence-corrected chi connectivity index (χ4v) is 5.30. The molecule has 32 heavy (non-hydrogen) atoms. The fraction of sp³-hybridized carbons (Fsp3) is 0.208. The van der Waals surface area contributed by atoms with E-state index in [-0.39, 0.29) is 11.7 Å². The van der Waals surface area contributed by atoms with Gasteiger partial charge >= 0.3 is 5.97 Å². The van der Waals surface area contributed by atoms with Gasteiger partial charge in [0.05, 0.1) is 21.9 Å². The van der Waals surface area contributed by atoms with Gasteiger partial charge in [-0.05, 0) is 56.2 Å². The zero-order valence-corrected chi connectivity index (χ0v) is 20.8. The Morgan fingerprint density at radius 3 is 2.69 bits per heavy atom. The number of hydrogen-bond donors (Lipinski definition) is 0. The zero-order valence-electron chi connectivity index (χ0n) is 17.6. The predicted molar refractivity (Wildman–Crippen MR) is 131 cm³/mol. The standard InChI is InChI=1S/C24H20BrClN2O3S/c1-13(2)31-23(30)20-14(3)27-24-28(21(20)17-9-4-5-10-18(17)26)22(29)19(32-24)12-15-7-6-8-16(25)11-15/h4-13,21H,1-3H3. The molecule has 5 nitrogen and oxygen atoms in total. The van der Waals surface area contributed by atoms with Crippen molar-refractivity contribution in [1.29, 1.82) is 0 Å². The molecular formula is C24H20BrClN2O3S. The molecule has 8 heteroatoms. The van der Waals surface area contributed by atoms with E-state index in [9.17, 15) is 9.59 Å². The van der Waals surface area contributed by atoms with Gasteiger partial charge in [0, 0.05) is 9.50 Å². The van der Waals surface area contributed by atoms with Crippen molar-refractivity contribution in [1.82, 2.24) is 4.57 Å². The number of carbonyl (C=O) groups excluding carboxylic acids is 1. The Bertz CT molecular complexity index is 1420. The van der Waals surface area contributed by atoms with E-state index in [1.54, 1.807) is 31.4 Å². The molecule has 1 atom stereocenters. The number of ether oxygens (including phenoxy) is 1. The maximum Gasteiger partial charge on any atom is 0.338 e. The highest BCUT2D eigenvalue weighted by Gasteiger charge is 2.34. The third kappa shape index (κ3) is 4.37. The summed E-state index contributed by atoms with van der Waals surface area (Å²) in [7, 11) is 0. The minimum Gasteiger partial charge on any atom is -0.459 e. The smallest absolute Gasteiger partial charge is 0.338 e. The topological polar surface area (TPSA) is 60.7 Å². The first-order valence-electron chi connectivity index (χ1n) is 10.00. The highest BCUT2D eigenvalue weighted by Crippen LogP contribution is 2.34. The molecule has 0 radical (unpaired) electrons. The number of carbonyl (C=O) groups is 1. The van der Waals surface area contributed by atoms with Gasteiger partial charge in [-0.15, -0.1) is 0 Å². The summed E-state index contributed by atoms with van der Waals surface area (Å²) in [5.74, 6) is -0.507. The van der Waals surface area contributed by atoms with Crippen LogP contribution >= 0.6 is 38.9 Å². The van der Waals surface area contributed by atoms with Gasteiger partial charge in [-0.2, -0.15) is 0 Å². The third-order valence-electron chi connectivity index (χ3n) is 4.93. The van der Waals surface area contributed by atoms with Crippen LogP contribution in [0.5, 0.6) is 0 Å². The van der Waals surface area contributed by atoms with Crippen molar-refractivity contribution in [3.05, 3.63) is 100 Å². The van der Waals surface area contributed by atoms with E-state index in [0.717, 1.165) is 10.0 Å². The highest BCUT2D eigenvalue weighted by molar-refractivity contribution is 9.10. The monoisotopic (exact) mass is 530 g/mol. The number of fused-ring (bicyclic) bond motifs is 1. The number of hydrogen-bond acceptors (Lipinski definition) is 5. The van der Waals surface area contributed by atoms with E-state index < -0.39 is 12.0 Å². The molecule has 0 amide bonds. The number of thiazole rings is 1. The second-order valence-corrected chi connectivity index (χ2v) is 9.94. The van der Waals surface area contributed by atoms with Crippen molar-refractivity contribution in [3.63, 3.8) is 0 Å². The molecule has 1 aliphatic rings. The van der Waals surface area contributed by atoms with E-state index >= 15 is 0 Å². The SMILES string of the molecule is CC1=C(C(=O)OC(C)C)C(c2ccccc2Cl)n2c(sc(=Cc3cccc(Br)c3)c2=O)=N1. The summed E-state index contributed by atoms with van der Waals surface area (Å²) in [6, 6.07) is 14.2. The number of rotatable bonds is 4. The molecule has 2 heterocycles. The Kier molecular flexibility index (Phi) is 6.51. The molecule has 2 aromatic carbocycles. The minimum atomic E-state index is -0.726. The molecule has 1 aromatic heterocycles. The predicted octanol–water partition coefficient (Wildman–Crippen LogP) is 4.60. The third-order valence-corrected chi connectivity index (χ3v) is 6.75. The van der Waals surface area contributed by atoms with Gasteiger partial charge in [-0.1, -0.05) is 69.2 Å². The summed E-state index contributed by atoms with van der Waals surface area (Å²) in [4.78, 5) is 31.7. The molecule has 0 spiro atoms. The van der Waals surface area contributed by atoms with Crippen molar-refractivity contribution in [2.75, 3.05) is 0 Å². The number of allylic oxidation sites excluding steroid dienone is 1. The van der Waals surface area contributed by atoms with Gasteiger partial charge < -0.3 is 4.74 Å².